The SMILES string of the molecule is CCC1CCCCN1C(=O)C(C)(C)C(=O)N1CCCC(C)C1. The summed E-state index contributed by atoms with van der Waals surface area (Å²) in [7, 11) is 0. The summed E-state index contributed by atoms with van der Waals surface area (Å²) >= 11 is 0. The van der Waals surface area contributed by atoms with Gasteiger partial charge >= 0.3 is 0 Å². The Balaban J connectivity index is 2.10. The van der Waals surface area contributed by atoms with Crippen LogP contribution in [0.1, 0.15) is 66.2 Å². The lowest BCUT2D eigenvalue weighted by atomic mass is 9.86. The minimum absolute atomic E-state index is 0.0180. The first kappa shape index (κ1) is 17.3. The number of nitrogens with zero attached hydrogens (tertiary/aromatic N) is 2. The van der Waals surface area contributed by atoms with Crippen molar-refractivity contribution in [3.05, 3.63) is 0 Å². The van der Waals surface area contributed by atoms with E-state index < -0.39 is 5.41 Å². The largest absolute Gasteiger partial charge is 0.342 e. The van der Waals surface area contributed by atoms with E-state index in [9.17, 15) is 9.59 Å². The van der Waals surface area contributed by atoms with Crippen LogP contribution < -0.4 is 0 Å². The normalized spacial score (nSPS) is 26.9. The summed E-state index contributed by atoms with van der Waals surface area (Å²) in [5.41, 5.74) is -0.929. The van der Waals surface area contributed by atoms with Crippen molar-refractivity contribution in [3.63, 3.8) is 0 Å². The van der Waals surface area contributed by atoms with E-state index in [4.69, 9.17) is 0 Å². The van der Waals surface area contributed by atoms with Crippen molar-refractivity contribution >= 4 is 11.8 Å². The van der Waals surface area contributed by atoms with E-state index in [1.165, 1.54) is 12.8 Å². The molecule has 4 heteroatoms. The minimum atomic E-state index is -0.929. The fourth-order valence-electron chi connectivity index (χ4n) is 3.91. The van der Waals surface area contributed by atoms with Gasteiger partial charge in [0.15, 0.2) is 0 Å². The van der Waals surface area contributed by atoms with Crippen LogP contribution in [0, 0.1) is 11.3 Å². The number of hydrogen-bond acceptors (Lipinski definition) is 2. The van der Waals surface area contributed by atoms with Gasteiger partial charge in [0.05, 0.1) is 0 Å². The number of likely N-dealkylation sites (tertiary alicyclic amines) is 2. The van der Waals surface area contributed by atoms with E-state index in [-0.39, 0.29) is 11.8 Å². The topological polar surface area (TPSA) is 40.6 Å². The first-order valence-corrected chi connectivity index (χ1v) is 8.98. The number of hydrogen-bond donors (Lipinski definition) is 0. The van der Waals surface area contributed by atoms with E-state index in [1.807, 2.05) is 23.6 Å². The third-order valence-corrected chi connectivity index (χ3v) is 5.37. The van der Waals surface area contributed by atoms with Gasteiger partial charge in [0.25, 0.3) is 0 Å². The Morgan fingerprint density at radius 1 is 1.05 bits per heavy atom. The van der Waals surface area contributed by atoms with Crippen molar-refractivity contribution in [3.8, 4) is 0 Å². The maximum absolute atomic E-state index is 13.0. The average Bonchev–Trinajstić information content (AvgIpc) is 2.53. The molecule has 0 bridgehead atoms. The van der Waals surface area contributed by atoms with E-state index in [0.717, 1.165) is 45.3 Å². The predicted octanol–water partition coefficient (Wildman–Crippen LogP) is 3.06. The second-order valence-electron chi connectivity index (χ2n) is 7.68. The average molecular weight is 308 g/mol. The second kappa shape index (κ2) is 7.01. The van der Waals surface area contributed by atoms with Crippen molar-refractivity contribution < 1.29 is 9.59 Å². The lowest BCUT2D eigenvalue weighted by Crippen LogP contribution is -2.55. The molecule has 2 heterocycles. The molecule has 0 N–H and O–H groups in total. The molecule has 0 aromatic carbocycles. The molecule has 0 spiro atoms. The first-order chi connectivity index (χ1) is 10.4. The third kappa shape index (κ3) is 3.47. The van der Waals surface area contributed by atoms with E-state index in [0.29, 0.717) is 12.0 Å². The molecule has 2 amide bonds. The molecule has 2 atom stereocenters. The molecule has 4 nitrogen and oxygen atoms in total. The predicted molar refractivity (Wildman–Crippen MR) is 88.4 cm³/mol. The van der Waals surface area contributed by atoms with Crippen LogP contribution in [-0.4, -0.2) is 47.3 Å². The van der Waals surface area contributed by atoms with Gasteiger partial charge in [0.2, 0.25) is 11.8 Å². The lowest BCUT2D eigenvalue weighted by Gasteiger charge is -2.42. The fourth-order valence-corrected chi connectivity index (χ4v) is 3.91. The Morgan fingerprint density at radius 3 is 2.41 bits per heavy atom. The number of amides is 2. The maximum Gasteiger partial charge on any atom is 0.237 e. The quantitative estimate of drug-likeness (QED) is 0.752. The Hall–Kier alpha value is -1.06. The highest BCUT2D eigenvalue weighted by Gasteiger charge is 2.44. The summed E-state index contributed by atoms with van der Waals surface area (Å²) in [4.78, 5) is 29.9. The van der Waals surface area contributed by atoms with Crippen LogP contribution in [0.15, 0.2) is 0 Å². The van der Waals surface area contributed by atoms with Crippen LogP contribution in [-0.2, 0) is 9.59 Å². The van der Waals surface area contributed by atoms with E-state index >= 15 is 0 Å². The highest BCUT2D eigenvalue weighted by atomic mass is 16.2. The Bertz CT molecular complexity index is 419. The molecule has 0 aliphatic carbocycles. The van der Waals surface area contributed by atoms with Gasteiger partial charge in [-0.2, -0.15) is 0 Å². The summed E-state index contributed by atoms with van der Waals surface area (Å²) in [6, 6.07) is 0.314. The Labute approximate surface area is 135 Å². The van der Waals surface area contributed by atoms with Crippen molar-refractivity contribution in [2.75, 3.05) is 19.6 Å². The highest BCUT2D eigenvalue weighted by Crippen LogP contribution is 2.30. The van der Waals surface area contributed by atoms with Crippen LogP contribution in [0.4, 0.5) is 0 Å². The molecule has 2 aliphatic rings. The zero-order chi connectivity index (χ0) is 16.3. The molecule has 126 valence electrons. The number of carbonyl (C=O) groups excluding carboxylic acids is 2. The van der Waals surface area contributed by atoms with Crippen LogP contribution >= 0.6 is 0 Å². The van der Waals surface area contributed by atoms with Crippen LogP contribution in [0.3, 0.4) is 0 Å². The Morgan fingerprint density at radius 2 is 1.77 bits per heavy atom. The molecule has 2 saturated heterocycles. The number of rotatable bonds is 3. The molecule has 2 aliphatic heterocycles. The molecule has 0 radical (unpaired) electrons. The standard InChI is InChI=1S/C18H32N2O2/c1-5-15-10-6-7-12-20(15)17(22)18(3,4)16(21)19-11-8-9-14(2)13-19/h14-15H,5-13H2,1-4H3. The van der Waals surface area contributed by atoms with Gasteiger partial charge < -0.3 is 9.80 Å². The molecule has 0 saturated carbocycles. The molecule has 0 aromatic heterocycles. The summed E-state index contributed by atoms with van der Waals surface area (Å²) in [6.45, 7) is 10.4. The smallest absolute Gasteiger partial charge is 0.237 e. The number of carbonyl (C=O) groups is 2. The van der Waals surface area contributed by atoms with Gasteiger partial charge in [-0.1, -0.05) is 13.8 Å². The maximum atomic E-state index is 13.0. The zero-order valence-electron chi connectivity index (χ0n) is 14.7. The minimum Gasteiger partial charge on any atom is -0.342 e. The van der Waals surface area contributed by atoms with E-state index in [1.54, 1.807) is 0 Å². The molecule has 2 fully saturated rings. The van der Waals surface area contributed by atoms with E-state index in [2.05, 4.69) is 13.8 Å². The third-order valence-electron chi connectivity index (χ3n) is 5.37. The zero-order valence-corrected chi connectivity index (χ0v) is 14.7. The van der Waals surface area contributed by atoms with Crippen molar-refractivity contribution in [1.29, 1.82) is 0 Å². The van der Waals surface area contributed by atoms with Gasteiger partial charge in [-0.3, -0.25) is 9.59 Å². The molecule has 2 rings (SSSR count). The van der Waals surface area contributed by atoms with Gasteiger partial charge in [0.1, 0.15) is 5.41 Å². The number of piperidine rings is 2. The van der Waals surface area contributed by atoms with Crippen molar-refractivity contribution in [2.24, 2.45) is 11.3 Å². The van der Waals surface area contributed by atoms with Crippen LogP contribution in [0.2, 0.25) is 0 Å². The van der Waals surface area contributed by atoms with Gasteiger partial charge in [-0.05, 0) is 58.3 Å². The van der Waals surface area contributed by atoms with Gasteiger partial charge in [-0.15, -0.1) is 0 Å². The van der Waals surface area contributed by atoms with Crippen LogP contribution in [0.25, 0.3) is 0 Å². The van der Waals surface area contributed by atoms with Crippen molar-refractivity contribution in [2.45, 2.75) is 72.3 Å². The highest BCUT2D eigenvalue weighted by molar-refractivity contribution is 6.04. The van der Waals surface area contributed by atoms with Gasteiger partial charge in [0, 0.05) is 25.7 Å². The summed E-state index contributed by atoms with van der Waals surface area (Å²) in [6.07, 6.45) is 6.55. The second-order valence-corrected chi connectivity index (χ2v) is 7.68. The summed E-state index contributed by atoms with van der Waals surface area (Å²) in [5, 5.41) is 0. The summed E-state index contributed by atoms with van der Waals surface area (Å²) in [5.74, 6) is 0.591. The fraction of sp³-hybridized carbons (Fsp3) is 0.889. The molecule has 22 heavy (non-hydrogen) atoms. The molecule has 0 aromatic rings. The lowest BCUT2D eigenvalue weighted by molar-refractivity contribution is -0.157. The molecular weight excluding hydrogens is 276 g/mol. The Kier molecular flexibility index (Phi) is 5.51. The van der Waals surface area contributed by atoms with Gasteiger partial charge in [-0.25, -0.2) is 0 Å². The van der Waals surface area contributed by atoms with Crippen molar-refractivity contribution in [1.82, 2.24) is 9.80 Å². The monoisotopic (exact) mass is 308 g/mol. The molecule has 2 unspecified atom stereocenters. The molecular formula is C18H32N2O2. The van der Waals surface area contributed by atoms with Crippen LogP contribution in [0.5, 0.6) is 0 Å². The first-order valence-electron chi connectivity index (χ1n) is 8.98. The summed E-state index contributed by atoms with van der Waals surface area (Å²) < 4.78 is 0.